The second-order valence-electron chi connectivity index (χ2n) is 5.56. The van der Waals surface area contributed by atoms with Gasteiger partial charge in [0.25, 0.3) is 0 Å². The third-order valence-corrected chi connectivity index (χ3v) is 3.76. The predicted molar refractivity (Wildman–Crippen MR) is 85.3 cm³/mol. The SMILES string of the molecule is Cc1ccc(C2=NOC(CNCc3ccccc3F)C2)cc1. The zero-order valence-electron chi connectivity index (χ0n) is 12.6. The minimum atomic E-state index is -0.182. The Morgan fingerprint density at radius 2 is 1.95 bits per heavy atom. The van der Waals surface area contributed by atoms with Gasteiger partial charge >= 0.3 is 0 Å². The van der Waals surface area contributed by atoms with Gasteiger partial charge in [0.2, 0.25) is 0 Å². The number of halogens is 1. The molecule has 0 amide bonds. The van der Waals surface area contributed by atoms with Crippen LogP contribution in [0.15, 0.2) is 53.7 Å². The maximum Gasteiger partial charge on any atom is 0.145 e. The van der Waals surface area contributed by atoms with Crippen molar-refractivity contribution in [1.82, 2.24) is 5.32 Å². The van der Waals surface area contributed by atoms with Gasteiger partial charge < -0.3 is 10.2 Å². The van der Waals surface area contributed by atoms with Gasteiger partial charge in [-0.15, -0.1) is 0 Å². The van der Waals surface area contributed by atoms with Gasteiger partial charge in [0.1, 0.15) is 11.9 Å². The van der Waals surface area contributed by atoms with E-state index in [0.717, 1.165) is 17.7 Å². The summed E-state index contributed by atoms with van der Waals surface area (Å²) < 4.78 is 13.5. The van der Waals surface area contributed by atoms with Gasteiger partial charge in [0, 0.05) is 25.1 Å². The van der Waals surface area contributed by atoms with Crippen molar-refractivity contribution in [3.05, 3.63) is 71.0 Å². The average molecular weight is 298 g/mol. The number of nitrogens with one attached hydrogen (secondary N) is 1. The first kappa shape index (κ1) is 14.7. The molecular formula is C18H19FN2O. The van der Waals surface area contributed by atoms with Crippen molar-refractivity contribution < 1.29 is 9.23 Å². The van der Waals surface area contributed by atoms with Crippen LogP contribution in [-0.4, -0.2) is 18.4 Å². The van der Waals surface area contributed by atoms with Gasteiger partial charge in [-0.05, 0) is 18.6 Å². The van der Waals surface area contributed by atoms with Crippen LogP contribution in [0.5, 0.6) is 0 Å². The van der Waals surface area contributed by atoms with Gasteiger partial charge in [0.15, 0.2) is 0 Å². The molecular weight excluding hydrogens is 279 g/mol. The van der Waals surface area contributed by atoms with Gasteiger partial charge in [-0.2, -0.15) is 0 Å². The van der Waals surface area contributed by atoms with Gasteiger partial charge in [0.05, 0.1) is 5.71 Å². The molecule has 1 aliphatic heterocycles. The summed E-state index contributed by atoms with van der Waals surface area (Å²) in [5.74, 6) is -0.182. The Morgan fingerprint density at radius 3 is 2.73 bits per heavy atom. The molecule has 0 saturated carbocycles. The second kappa shape index (κ2) is 6.71. The lowest BCUT2D eigenvalue weighted by molar-refractivity contribution is 0.0848. The molecule has 114 valence electrons. The summed E-state index contributed by atoms with van der Waals surface area (Å²) in [6, 6.07) is 15.1. The Bertz CT molecular complexity index is 667. The number of aryl methyl sites for hydroxylation is 1. The number of hydrogen-bond acceptors (Lipinski definition) is 3. The van der Waals surface area contributed by atoms with Crippen LogP contribution in [0.1, 0.15) is 23.1 Å². The van der Waals surface area contributed by atoms with Crippen LogP contribution in [-0.2, 0) is 11.4 Å². The highest BCUT2D eigenvalue weighted by Crippen LogP contribution is 2.17. The third-order valence-electron chi connectivity index (χ3n) is 3.76. The van der Waals surface area contributed by atoms with E-state index in [1.807, 2.05) is 6.07 Å². The Labute approximate surface area is 129 Å². The van der Waals surface area contributed by atoms with Gasteiger partial charge in [-0.3, -0.25) is 0 Å². The quantitative estimate of drug-likeness (QED) is 0.917. The molecule has 0 radical (unpaired) electrons. The Balaban J connectivity index is 1.48. The van der Waals surface area contributed by atoms with E-state index >= 15 is 0 Å². The van der Waals surface area contributed by atoms with Crippen molar-refractivity contribution in [2.24, 2.45) is 5.16 Å². The van der Waals surface area contributed by atoms with Crippen molar-refractivity contribution in [1.29, 1.82) is 0 Å². The van der Waals surface area contributed by atoms with Gasteiger partial charge in [-0.25, -0.2) is 4.39 Å². The molecule has 0 fully saturated rings. The number of rotatable bonds is 5. The Kier molecular flexibility index (Phi) is 4.49. The normalized spacial score (nSPS) is 17.2. The number of nitrogens with zero attached hydrogens (tertiary/aromatic N) is 1. The van der Waals surface area contributed by atoms with E-state index in [9.17, 15) is 4.39 Å². The molecule has 0 bridgehead atoms. The number of benzene rings is 2. The molecule has 22 heavy (non-hydrogen) atoms. The highest BCUT2D eigenvalue weighted by molar-refractivity contribution is 6.01. The number of hydrogen-bond donors (Lipinski definition) is 1. The minimum Gasteiger partial charge on any atom is -0.390 e. The predicted octanol–water partition coefficient (Wildman–Crippen LogP) is 3.42. The van der Waals surface area contributed by atoms with Crippen molar-refractivity contribution in [2.45, 2.75) is 26.0 Å². The van der Waals surface area contributed by atoms with Gasteiger partial charge in [-0.1, -0.05) is 53.2 Å². The maximum atomic E-state index is 13.5. The van der Waals surface area contributed by atoms with E-state index in [1.165, 1.54) is 11.6 Å². The largest absolute Gasteiger partial charge is 0.390 e. The average Bonchev–Trinajstić information content (AvgIpc) is 2.99. The third kappa shape index (κ3) is 3.52. The van der Waals surface area contributed by atoms with Crippen molar-refractivity contribution in [2.75, 3.05) is 6.54 Å². The topological polar surface area (TPSA) is 33.6 Å². The smallest absolute Gasteiger partial charge is 0.145 e. The molecule has 3 nitrogen and oxygen atoms in total. The number of oxime groups is 1. The van der Waals surface area contributed by atoms with Crippen LogP contribution < -0.4 is 5.32 Å². The van der Waals surface area contributed by atoms with E-state index in [1.54, 1.807) is 12.1 Å². The molecule has 0 saturated heterocycles. The molecule has 1 atom stereocenters. The molecule has 4 heteroatoms. The van der Waals surface area contributed by atoms with Crippen LogP contribution in [0.25, 0.3) is 0 Å². The summed E-state index contributed by atoms with van der Waals surface area (Å²) in [6.45, 7) is 3.20. The summed E-state index contributed by atoms with van der Waals surface area (Å²) in [5.41, 5.74) is 3.96. The molecule has 3 rings (SSSR count). The summed E-state index contributed by atoms with van der Waals surface area (Å²) in [5, 5.41) is 7.39. The second-order valence-corrected chi connectivity index (χ2v) is 5.56. The fraction of sp³-hybridized carbons (Fsp3) is 0.278. The zero-order chi connectivity index (χ0) is 15.4. The minimum absolute atomic E-state index is 0.00285. The zero-order valence-corrected chi connectivity index (χ0v) is 12.6. The summed E-state index contributed by atoms with van der Waals surface area (Å²) in [7, 11) is 0. The van der Waals surface area contributed by atoms with E-state index in [-0.39, 0.29) is 11.9 Å². The fourth-order valence-electron chi connectivity index (χ4n) is 2.46. The lowest BCUT2D eigenvalue weighted by Gasteiger charge is -2.10. The molecule has 2 aromatic carbocycles. The first-order valence-electron chi connectivity index (χ1n) is 7.46. The van der Waals surface area contributed by atoms with Crippen LogP contribution >= 0.6 is 0 Å². The maximum absolute atomic E-state index is 13.5. The Hall–Kier alpha value is -2.20. The molecule has 1 heterocycles. The first-order valence-corrected chi connectivity index (χ1v) is 7.46. The molecule has 2 aromatic rings. The van der Waals surface area contributed by atoms with Crippen molar-refractivity contribution in [3.63, 3.8) is 0 Å². The molecule has 1 N–H and O–H groups in total. The highest BCUT2D eigenvalue weighted by Gasteiger charge is 2.21. The van der Waals surface area contributed by atoms with E-state index in [2.05, 4.69) is 41.7 Å². The fourth-order valence-corrected chi connectivity index (χ4v) is 2.46. The van der Waals surface area contributed by atoms with E-state index in [0.29, 0.717) is 18.7 Å². The molecule has 1 unspecified atom stereocenters. The summed E-state index contributed by atoms with van der Waals surface area (Å²) in [6.07, 6.45) is 0.774. The lowest BCUT2D eigenvalue weighted by atomic mass is 10.0. The van der Waals surface area contributed by atoms with Crippen LogP contribution in [0, 0.1) is 12.7 Å². The van der Waals surface area contributed by atoms with E-state index < -0.39 is 0 Å². The lowest BCUT2D eigenvalue weighted by Crippen LogP contribution is -2.27. The van der Waals surface area contributed by atoms with Crippen LogP contribution in [0.3, 0.4) is 0 Å². The van der Waals surface area contributed by atoms with Crippen LogP contribution in [0.4, 0.5) is 4.39 Å². The van der Waals surface area contributed by atoms with Crippen molar-refractivity contribution in [3.8, 4) is 0 Å². The monoisotopic (exact) mass is 298 g/mol. The molecule has 1 aliphatic rings. The van der Waals surface area contributed by atoms with Crippen LogP contribution in [0.2, 0.25) is 0 Å². The molecule has 0 spiro atoms. The summed E-state index contributed by atoms with van der Waals surface area (Å²) >= 11 is 0. The molecule has 0 aromatic heterocycles. The molecule has 0 aliphatic carbocycles. The summed E-state index contributed by atoms with van der Waals surface area (Å²) in [4.78, 5) is 5.45. The standard InChI is InChI=1S/C18H19FN2O/c1-13-6-8-14(9-7-13)18-10-16(22-21-18)12-20-11-15-4-2-3-5-17(15)19/h2-9,16,20H,10-12H2,1H3. The van der Waals surface area contributed by atoms with Crippen molar-refractivity contribution >= 4 is 5.71 Å². The first-order chi connectivity index (χ1) is 10.7. The van der Waals surface area contributed by atoms with E-state index in [4.69, 9.17) is 4.84 Å². The Morgan fingerprint density at radius 1 is 1.18 bits per heavy atom. The highest BCUT2D eigenvalue weighted by atomic mass is 19.1.